The third-order valence-corrected chi connectivity index (χ3v) is 3.13. The first-order valence-corrected chi connectivity index (χ1v) is 6.63. The van der Waals surface area contributed by atoms with E-state index in [1.165, 1.54) is 7.11 Å². The number of rotatable bonds is 6. The Morgan fingerprint density at radius 2 is 1.85 bits per heavy atom. The summed E-state index contributed by atoms with van der Waals surface area (Å²) < 4.78 is 4.70. The highest BCUT2D eigenvalue weighted by Crippen LogP contribution is 2.10. The number of carbonyl (C=O) groups excluding carboxylic acids is 2. The molecule has 1 atom stereocenters. The normalized spacial score (nSPS) is 12.1. The lowest BCUT2D eigenvalue weighted by Crippen LogP contribution is -2.45. The first-order chi connectivity index (χ1) is 9.49. The average Bonchev–Trinajstić information content (AvgIpc) is 2.44. The summed E-state index contributed by atoms with van der Waals surface area (Å²) in [5.41, 5.74) is 7.45. The van der Waals surface area contributed by atoms with E-state index in [0.29, 0.717) is 6.54 Å². The van der Waals surface area contributed by atoms with E-state index in [9.17, 15) is 9.59 Å². The first-order valence-electron chi connectivity index (χ1n) is 6.63. The molecule has 1 amide bonds. The average molecular weight is 278 g/mol. The molecule has 0 saturated heterocycles. The topological polar surface area (TPSA) is 81.4 Å². The van der Waals surface area contributed by atoms with Gasteiger partial charge in [-0.2, -0.15) is 0 Å². The van der Waals surface area contributed by atoms with Crippen LogP contribution in [0.1, 0.15) is 25.0 Å². The molecule has 0 spiro atoms. The Hall–Kier alpha value is -1.88. The molecule has 5 nitrogen and oxygen atoms in total. The van der Waals surface area contributed by atoms with Crippen LogP contribution in [0.25, 0.3) is 0 Å². The van der Waals surface area contributed by atoms with Gasteiger partial charge in [-0.15, -0.1) is 0 Å². The summed E-state index contributed by atoms with van der Waals surface area (Å²) in [5.74, 6) is -0.674. The number of ether oxygens (including phenoxy) is 1. The summed E-state index contributed by atoms with van der Waals surface area (Å²) in [6.07, 6.45) is 0.202. The van der Waals surface area contributed by atoms with Gasteiger partial charge < -0.3 is 15.8 Å². The van der Waals surface area contributed by atoms with E-state index in [4.69, 9.17) is 10.5 Å². The smallest absolute Gasteiger partial charge is 0.328 e. The van der Waals surface area contributed by atoms with Gasteiger partial charge in [-0.25, -0.2) is 4.79 Å². The van der Waals surface area contributed by atoms with Gasteiger partial charge in [0, 0.05) is 6.54 Å². The van der Waals surface area contributed by atoms with Gasteiger partial charge in [-0.3, -0.25) is 4.79 Å². The summed E-state index contributed by atoms with van der Waals surface area (Å²) in [4.78, 5) is 23.7. The fourth-order valence-electron chi connectivity index (χ4n) is 1.95. The van der Waals surface area contributed by atoms with Gasteiger partial charge in [-0.05, 0) is 17.0 Å². The summed E-state index contributed by atoms with van der Waals surface area (Å²) in [7, 11) is 1.31. The van der Waals surface area contributed by atoms with Crippen LogP contribution in [-0.4, -0.2) is 25.0 Å². The van der Waals surface area contributed by atoms with Crippen molar-refractivity contribution < 1.29 is 14.3 Å². The molecule has 3 N–H and O–H groups in total. The molecule has 110 valence electrons. The minimum absolute atomic E-state index is 0.0313. The molecule has 0 unspecified atom stereocenters. The number of carbonyl (C=O) groups is 2. The van der Waals surface area contributed by atoms with Gasteiger partial charge in [0.05, 0.1) is 13.5 Å². The molecule has 0 aliphatic heterocycles. The zero-order valence-electron chi connectivity index (χ0n) is 12.2. The molecule has 1 aromatic carbocycles. The molecule has 0 heterocycles. The Labute approximate surface area is 119 Å². The number of amides is 1. The number of benzene rings is 1. The SMILES string of the molecule is COC(=O)[C@@H](NC(=O)Cc1ccccc1CN)C(C)C. The lowest BCUT2D eigenvalue weighted by molar-refractivity contribution is -0.146. The standard InChI is InChI=1S/C15H22N2O3/c1-10(2)14(15(19)20-3)17-13(18)8-11-6-4-5-7-12(11)9-16/h4-7,10,14H,8-9,16H2,1-3H3,(H,17,18)/t14-/m0/s1. The molecule has 0 aromatic heterocycles. The highest BCUT2D eigenvalue weighted by atomic mass is 16.5. The monoisotopic (exact) mass is 278 g/mol. The first kappa shape index (κ1) is 16.2. The van der Waals surface area contributed by atoms with Crippen LogP contribution in [0, 0.1) is 5.92 Å². The fourth-order valence-corrected chi connectivity index (χ4v) is 1.95. The molecular formula is C15H22N2O3. The van der Waals surface area contributed by atoms with Gasteiger partial charge in [0.25, 0.3) is 0 Å². The number of hydrogen-bond donors (Lipinski definition) is 2. The maximum Gasteiger partial charge on any atom is 0.328 e. The number of nitrogens with one attached hydrogen (secondary N) is 1. The quantitative estimate of drug-likeness (QED) is 0.761. The Bertz CT molecular complexity index is 472. The van der Waals surface area contributed by atoms with Gasteiger partial charge in [0.15, 0.2) is 0 Å². The zero-order chi connectivity index (χ0) is 15.1. The maximum atomic E-state index is 12.1. The summed E-state index contributed by atoms with van der Waals surface area (Å²) in [6.45, 7) is 4.10. The van der Waals surface area contributed by atoms with Crippen LogP contribution in [0.3, 0.4) is 0 Å². The van der Waals surface area contributed by atoms with E-state index in [-0.39, 0.29) is 18.2 Å². The van der Waals surface area contributed by atoms with Gasteiger partial charge in [0.1, 0.15) is 6.04 Å². The second-order valence-corrected chi connectivity index (χ2v) is 4.96. The second kappa shape index (κ2) is 7.65. The lowest BCUT2D eigenvalue weighted by atomic mass is 10.0. The predicted molar refractivity (Wildman–Crippen MR) is 76.8 cm³/mol. The molecule has 5 heteroatoms. The molecule has 1 aromatic rings. The van der Waals surface area contributed by atoms with Crippen LogP contribution >= 0.6 is 0 Å². The van der Waals surface area contributed by atoms with Crippen molar-refractivity contribution in [3.63, 3.8) is 0 Å². The summed E-state index contributed by atoms with van der Waals surface area (Å²) >= 11 is 0. The molecule has 0 fully saturated rings. The van der Waals surface area contributed by atoms with Gasteiger partial charge >= 0.3 is 5.97 Å². The van der Waals surface area contributed by atoms with E-state index in [1.807, 2.05) is 38.1 Å². The van der Waals surface area contributed by atoms with Crippen molar-refractivity contribution in [1.82, 2.24) is 5.32 Å². The summed E-state index contributed by atoms with van der Waals surface area (Å²) in [5, 5.41) is 2.71. The molecule has 1 rings (SSSR count). The van der Waals surface area contributed by atoms with Crippen molar-refractivity contribution in [2.45, 2.75) is 32.9 Å². The van der Waals surface area contributed by atoms with Crippen molar-refractivity contribution >= 4 is 11.9 Å². The molecule has 0 saturated carbocycles. The third-order valence-electron chi connectivity index (χ3n) is 3.13. The number of methoxy groups -OCH3 is 1. The van der Waals surface area contributed by atoms with Crippen molar-refractivity contribution in [3.8, 4) is 0 Å². The molecule has 0 aliphatic rings. The van der Waals surface area contributed by atoms with E-state index < -0.39 is 12.0 Å². The molecule has 20 heavy (non-hydrogen) atoms. The van der Waals surface area contributed by atoms with E-state index in [1.54, 1.807) is 0 Å². The van der Waals surface area contributed by atoms with Crippen LogP contribution in [0.5, 0.6) is 0 Å². The largest absolute Gasteiger partial charge is 0.467 e. The van der Waals surface area contributed by atoms with Crippen LogP contribution in [-0.2, 0) is 27.3 Å². The molecule has 0 bridgehead atoms. The van der Waals surface area contributed by atoms with Crippen molar-refractivity contribution in [2.75, 3.05) is 7.11 Å². The Kier molecular flexibility index (Phi) is 6.18. The molecular weight excluding hydrogens is 256 g/mol. The highest BCUT2D eigenvalue weighted by Gasteiger charge is 2.24. The third kappa shape index (κ3) is 4.35. The minimum Gasteiger partial charge on any atom is -0.467 e. The number of esters is 1. The zero-order valence-corrected chi connectivity index (χ0v) is 12.2. The second-order valence-electron chi connectivity index (χ2n) is 4.96. The van der Waals surface area contributed by atoms with Gasteiger partial charge in [-0.1, -0.05) is 38.1 Å². The van der Waals surface area contributed by atoms with E-state index >= 15 is 0 Å². The summed E-state index contributed by atoms with van der Waals surface area (Å²) in [6, 6.07) is 6.88. The van der Waals surface area contributed by atoms with Crippen LogP contribution in [0.4, 0.5) is 0 Å². The Morgan fingerprint density at radius 1 is 1.25 bits per heavy atom. The van der Waals surface area contributed by atoms with Crippen LogP contribution < -0.4 is 11.1 Å². The van der Waals surface area contributed by atoms with Crippen LogP contribution in [0.2, 0.25) is 0 Å². The Balaban J connectivity index is 2.73. The minimum atomic E-state index is -0.627. The fraction of sp³-hybridized carbons (Fsp3) is 0.467. The van der Waals surface area contributed by atoms with Gasteiger partial charge in [0.2, 0.25) is 5.91 Å². The van der Waals surface area contributed by atoms with Crippen molar-refractivity contribution in [2.24, 2.45) is 11.7 Å². The van der Waals surface area contributed by atoms with Crippen LogP contribution in [0.15, 0.2) is 24.3 Å². The maximum absolute atomic E-state index is 12.1. The molecule has 0 aliphatic carbocycles. The van der Waals surface area contributed by atoms with E-state index in [2.05, 4.69) is 5.32 Å². The predicted octanol–water partition coefficient (Wildman–Crippen LogP) is 1.00. The number of nitrogens with two attached hydrogens (primary N) is 1. The molecule has 0 radical (unpaired) electrons. The van der Waals surface area contributed by atoms with Crippen molar-refractivity contribution in [1.29, 1.82) is 0 Å². The highest BCUT2D eigenvalue weighted by molar-refractivity contribution is 5.85. The number of hydrogen-bond acceptors (Lipinski definition) is 4. The Morgan fingerprint density at radius 3 is 2.35 bits per heavy atom. The van der Waals surface area contributed by atoms with Crippen molar-refractivity contribution in [3.05, 3.63) is 35.4 Å². The van der Waals surface area contributed by atoms with E-state index in [0.717, 1.165) is 11.1 Å². The lowest BCUT2D eigenvalue weighted by Gasteiger charge is -2.20.